The zero-order chi connectivity index (χ0) is 24.9. The molecule has 34 heavy (non-hydrogen) atoms. The third-order valence-corrected chi connectivity index (χ3v) is 6.88. The fraction of sp³-hybridized carbons (Fsp3) is 0.478. The Morgan fingerprint density at radius 2 is 1.68 bits per heavy atom. The van der Waals surface area contributed by atoms with Crippen LogP contribution >= 0.6 is 0 Å². The van der Waals surface area contributed by atoms with Gasteiger partial charge in [0, 0.05) is 11.6 Å². The van der Waals surface area contributed by atoms with Crippen molar-refractivity contribution in [3.63, 3.8) is 0 Å². The summed E-state index contributed by atoms with van der Waals surface area (Å²) < 4.78 is 69.3. The first-order chi connectivity index (χ1) is 15.8. The highest BCUT2D eigenvalue weighted by atomic mass is 19.4. The molecule has 0 bridgehead atoms. The Hall–Kier alpha value is -2.95. The molecule has 1 N–H and O–H groups in total. The lowest BCUT2D eigenvalue weighted by atomic mass is 9.69. The molecule has 4 rings (SSSR count). The molecule has 2 aromatic rings. The van der Waals surface area contributed by atoms with Crippen LogP contribution in [0.25, 0.3) is 0 Å². The average molecular weight is 484 g/mol. The maximum atomic E-state index is 14.0. The van der Waals surface area contributed by atoms with Gasteiger partial charge in [0.05, 0.1) is 18.3 Å². The third kappa shape index (κ3) is 4.53. The van der Waals surface area contributed by atoms with Crippen molar-refractivity contribution < 1.29 is 31.5 Å². The highest BCUT2D eigenvalue weighted by molar-refractivity contribution is 5.95. The molecule has 2 fully saturated rings. The Bertz CT molecular complexity index is 1080. The number of hydrogen-bond donors (Lipinski definition) is 1. The lowest BCUT2D eigenvalue weighted by molar-refractivity contribution is -0.274. The second-order valence-corrected chi connectivity index (χ2v) is 9.24. The Morgan fingerprint density at radius 3 is 2.21 bits per heavy atom. The summed E-state index contributed by atoms with van der Waals surface area (Å²) in [5, 5.41) is 3.02. The molecule has 184 valence electrons. The van der Waals surface area contributed by atoms with E-state index in [2.05, 4.69) is 15.0 Å². The lowest BCUT2D eigenvalue weighted by Gasteiger charge is -2.48. The molecule has 0 atom stereocenters. The Balaban J connectivity index is 1.54. The minimum absolute atomic E-state index is 0.251. The van der Waals surface area contributed by atoms with Crippen LogP contribution in [0.2, 0.25) is 0 Å². The minimum Gasteiger partial charge on any atom is -0.404 e. The van der Waals surface area contributed by atoms with Crippen molar-refractivity contribution in [3.8, 4) is 5.75 Å². The van der Waals surface area contributed by atoms with Crippen LogP contribution in [0.15, 0.2) is 30.5 Å². The summed E-state index contributed by atoms with van der Waals surface area (Å²) in [5.41, 5.74) is -0.277. The van der Waals surface area contributed by atoms with Gasteiger partial charge < -0.3 is 10.1 Å². The van der Waals surface area contributed by atoms with Gasteiger partial charge >= 0.3 is 12.4 Å². The average Bonchev–Trinajstić information content (AvgIpc) is 3.02. The van der Waals surface area contributed by atoms with Crippen LogP contribution in [-0.2, 0) is 5.54 Å². The molecule has 1 aliphatic carbocycles. The van der Waals surface area contributed by atoms with E-state index in [-0.39, 0.29) is 12.4 Å². The highest BCUT2D eigenvalue weighted by Crippen LogP contribution is 2.46. The largest absolute Gasteiger partial charge is 0.573 e. The van der Waals surface area contributed by atoms with Crippen molar-refractivity contribution >= 4 is 11.8 Å². The quantitative estimate of drug-likeness (QED) is 0.630. The van der Waals surface area contributed by atoms with Gasteiger partial charge in [0.2, 0.25) is 0 Å². The molecule has 2 heterocycles. The van der Waals surface area contributed by atoms with Gasteiger partial charge in [0.15, 0.2) is 0 Å². The number of halogens is 5. The maximum absolute atomic E-state index is 14.0. The van der Waals surface area contributed by atoms with E-state index in [1.54, 1.807) is 6.92 Å². The second-order valence-electron chi connectivity index (χ2n) is 9.24. The summed E-state index contributed by atoms with van der Waals surface area (Å²) in [6.45, 7) is 1.83. The number of ether oxygens (including phenoxy) is 1. The van der Waals surface area contributed by atoms with Gasteiger partial charge in [0.1, 0.15) is 23.2 Å². The summed E-state index contributed by atoms with van der Waals surface area (Å²) in [6.07, 6.45) is -1.73. The minimum atomic E-state index is -4.84. The predicted molar refractivity (Wildman–Crippen MR) is 114 cm³/mol. The number of anilines is 1. The number of nitrogens with one attached hydrogen (secondary N) is 1. The van der Waals surface area contributed by atoms with Crippen LogP contribution < -0.4 is 15.0 Å². The van der Waals surface area contributed by atoms with Gasteiger partial charge in [-0.25, -0.2) is 18.6 Å². The summed E-state index contributed by atoms with van der Waals surface area (Å²) in [6, 6.07) is 4.32. The Morgan fingerprint density at radius 1 is 1.06 bits per heavy atom. The SMILES string of the molecule is Cc1cc(OC(F)(F)F)cnc1N1CC2(CCC(c3cc(F)cc(F)c3)(N(C)C)CC2)NC1=O. The summed E-state index contributed by atoms with van der Waals surface area (Å²) >= 11 is 0. The molecule has 0 unspecified atom stereocenters. The number of pyridine rings is 1. The van der Waals surface area contributed by atoms with E-state index in [0.29, 0.717) is 36.8 Å². The van der Waals surface area contributed by atoms with Gasteiger partial charge in [-0.2, -0.15) is 0 Å². The monoisotopic (exact) mass is 484 g/mol. The van der Waals surface area contributed by atoms with Crippen LogP contribution in [0.4, 0.5) is 32.6 Å². The summed E-state index contributed by atoms with van der Waals surface area (Å²) in [4.78, 5) is 20.2. The number of nitrogens with zero attached hydrogens (tertiary/aromatic N) is 3. The van der Waals surface area contributed by atoms with Gasteiger partial charge in [-0.05, 0) is 76.0 Å². The third-order valence-electron chi connectivity index (χ3n) is 6.88. The molecule has 1 aromatic heterocycles. The van der Waals surface area contributed by atoms with E-state index in [4.69, 9.17) is 0 Å². The predicted octanol–water partition coefficient (Wildman–Crippen LogP) is 4.87. The van der Waals surface area contributed by atoms with E-state index in [1.807, 2.05) is 19.0 Å². The van der Waals surface area contributed by atoms with Crippen molar-refractivity contribution in [1.29, 1.82) is 0 Å². The Kier molecular flexibility index (Phi) is 5.95. The number of aromatic nitrogens is 1. The van der Waals surface area contributed by atoms with Crippen LogP contribution in [0.3, 0.4) is 0 Å². The molecule has 2 aliphatic rings. The molecular formula is C23H25F5N4O2. The Labute approximate surface area is 193 Å². The van der Waals surface area contributed by atoms with Crippen molar-refractivity contribution in [3.05, 3.63) is 53.2 Å². The molecular weight excluding hydrogens is 459 g/mol. The fourth-order valence-electron chi connectivity index (χ4n) is 5.14. The first-order valence-electron chi connectivity index (χ1n) is 10.8. The number of benzene rings is 1. The molecule has 1 saturated carbocycles. The van der Waals surface area contributed by atoms with Gasteiger partial charge in [0.25, 0.3) is 0 Å². The van der Waals surface area contributed by atoms with E-state index in [1.165, 1.54) is 23.1 Å². The van der Waals surface area contributed by atoms with E-state index in [0.717, 1.165) is 12.3 Å². The number of urea groups is 1. The zero-order valence-electron chi connectivity index (χ0n) is 19.0. The zero-order valence-corrected chi connectivity index (χ0v) is 19.0. The first kappa shape index (κ1) is 24.2. The van der Waals surface area contributed by atoms with Crippen molar-refractivity contribution in [2.75, 3.05) is 25.5 Å². The second kappa shape index (κ2) is 8.37. The van der Waals surface area contributed by atoms with Gasteiger partial charge in [-0.15, -0.1) is 13.2 Å². The summed E-state index contributed by atoms with van der Waals surface area (Å²) in [7, 11) is 3.72. The van der Waals surface area contributed by atoms with E-state index in [9.17, 15) is 26.7 Å². The maximum Gasteiger partial charge on any atom is 0.573 e. The number of carbonyl (C=O) groups excluding carboxylic acids is 1. The topological polar surface area (TPSA) is 57.7 Å². The summed E-state index contributed by atoms with van der Waals surface area (Å²) in [5.74, 6) is -1.49. The molecule has 11 heteroatoms. The number of alkyl halides is 3. The van der Waals surface area contributed by atoms with Gasteiger partial charge in [-0.1, -0.05) is 0 Å². The van der Waals surface area contributed by atoms with Crippen molar-refractivity contribution in [2.45, 2.75) is 50.0 Å². The fourth-order valence-corrected chi connectivity index (χ4v) is 5.14. The standard InChI is InChI=1S/C23H25F5N4O2/c1-14-8-18(34-23(26,27)28)12-29-19(14)32-13-21(30-20(32)33)4-6-22(7-5-21,31(2)3)15-9-16(24)11-17(25)10-15/h8-12H,4-7,13H2,1-3H3,(H,30,33). The molecule has 1 spiro atoms. The smallest absolute Gasteiger partial charge is 0.404 e. The van der Waals surface area contributed by atoms with Crippen molar-refractivity contribution in [1.82, 2.24) is 15.2 Å². The van der Waals surface area contributed by atoms with E-state index < -0.39 is 40.9 Å². The van der Waals surface area contributed by atoms with Crippen LogP contribution in [0.5, 0.6) is 5.75 Å². The highest BCUT2D eigenvalue weighted by Gasteiger charge is 2.51. The first-order valence-corrected chi connectivity index (χ1v) is 10.8. The number of carbonyl (C=O) groups is 1. The lowest BCUT2D eigenvalue weighted by Crippen LogP contribution is -2.54. The molecule has 2 amide bonds. The molecule has 1 aliphatic heterocycles. The van der Waals surface area contributed by atoms with Crippen LogP contribution in [0, 0.1) is 18.6 Å². The molecule has 0 radical (unpaired) electrons. The number of amides is 2. The van der Waals surface area contributed by atoms with E-state index >= 15 is 0 Å². The molecule has 6 nitrogen and oxygen atoms in total. The van der Waals surface area contributed by atoms with Crippen LogP contribution in [-0.4, -0.2) is 48.5 Å². The molecule has 1 aromatic carbocycles. The number of aryl methyl sites for hydroxylation is 1. The normalized spacial score (nSPS) is 25.2. The van der Waals surface area contributed by atoms with Crippen LogP contribution in [0.1, 0.15) is 36.8 Å². The molecule has 1 saturated heterocycles. The number of hydrogen-bond acceptors (Lipinski definition) is 4. The van der Waals surface area contributed by atoms with Gasteiger partial charge in [-0.3, -0.25) is 9.80 Å². The number of rotatable bonds is 4. The van der Waals surface area contributed by atoms with Crippen molar-refractivity contribution in [2.24, 2.45) is 0 Å².